The number of quaternary nitrogens is 1. The number of carboxylic acids is 1. The van der Waals surface area contributed by atoms with E-state index in [1.54, 1.807) is 16.8 Å². The second-order valence-corrected chi connectivity index (χ2v) is 7.86. The van der Waals surface area contributed by atoms with Crippen LogP contribution in [0.15, 0.2) is 64.4 Å². The third kappa shape index (κ3) is 6.70. The molecule has 3 N–H and O–H groups in total. The fraction of sp³-hybridized carbons (Fsp3) is 0.182. The lowest BCUT2D eigenvalue weighted by atomic mass is 9.97. The number of nitrogens with two attached hydrogens (primary N) is 1. The van der Waals surface area contributed by atoms with E-state index in [2.05, 4.69) is 34.3 Å². The number of thiazole rings is 1. The van der Waals surface area contributed by atoms with Crippen molar-refractivity contribution >= 4 is 46.1 Å². The predicted molar refractivity (Wildman–Crippen MR) is 116 cm³/mol. The number of benzene rings is 2. The van der Waals surface area contributed by atoms with Gasteiger partial charge in [-0.15, -0.1) is 11.3 Å². The second kappa shape index (κ2) is 10.4. The van der Waals surface area contributed by atoms with Crippen molar-refractivity contribution in [1.29, 1.82) is 0 Å². The molecule has 1 aromatic heterocycles. The lowest BCUT2D eigenvalue weighted by molar-refractivity contribution is -0.437. The molecule has 0 saturated heterocycles. The number of nitrogens with one attached hydrogen (secondary N) is 1. The number of anilines is 1. The Morgan fingerprint density at radius 1 is 1.18 bits per heavy atom. The van der Waals surface area contributed by atoms with Gasteiger partial charge in [0.05, 0.1) is 5.51 Å². The maximum atomic E-state index is 12.4. The smallest absolute Gasteiger partial charge is 0.430 e. The molecule has 1 aliphatic rings. The molecule has 4 rings (SSSR count). The summed E-state index contributed by atoms with van der Waals surface area (Å²) < 4.78 is 31.5. The number of aromatic nitrogens is 1. The summed E-state index contributed by atoms with van der Waals surface area (Å²) in [5.74, 6) is -1.95. The SMILES string of the molecule is CC(CC(=O)Nc1ccc2c(c1)[NH2+]C(c1cscn1)=N2)c1ccccc1.O=C([O-])C(F)(F)F. The molecule has 0 aliphatic carbocycles. The minimum Gasteiger partial charge on any atom is -0.542 e. The number of nitrogens with zero attached hydrogens (tertiary/aromatic N) is 2. The number of aliphatic carboxylic acids is 1. The molecule has 1 atom stereocenters. The van der Waals surface area contributed by atoms with Gasteiger partial charge in [0.15, 0.2) is 11.4 Å². The summed E-state index contributed by atoms with van der Waals surface area (Å²) in [5.41, 5.74) is 6.55. The molecule has 0 radical (unpaired) electrons. The Balaban J connectivity index is 0.000000383. The molecule has 1 aliphatic heterocycles. The largest absolute Gasteiger partial charge is 0.542 e. The van der Waals surface area contributed by atoms with E-state index in [0.717, 1.165) is 28.6 Å². The Morgan fingerprint density at radius 3 is 2.48 bits per heavy atom. The van der Waals surface area contributed by atoms with Gasteiger partial charge in [-0.3, -0.25) is 10.1 Å². The third-order valence-electron chi connectivity index (χ3n) is 4.63. The molecule has 172 valence electrons. The first-order chi connectivity index (χ1) is 15.6. The fourth-order valence-electron chi connectivity index (χ4n) is 3.02. The van der Waals surface area contributed by atoms with Gasteiger partial charge in [-0.1, -0.05) is 37.3 Å². The number of aliphatic imine (C=N–C) groups is 1. The second-order valence-electron chi connectivity index (χ2n) is 7.14. The maximum absolute atomic E-state index is 12.4. The van der Waals surface area contributed by atoms with Gasteiger partial charge < -0.3 is 15.2 Å². The number of hydrogen-bond donors (Lipinski definition) is 2. The number of carboxylic acid groups (broad SMARTS) is 1. The van der Waals surface area contributed by atoms with E-state index >= 15 is 0 Å². The topological polar surface area (TPSA) is 111 Å². The first-order valence-corrected chi connectivity index (χ1v) is 10.7. The van der Waals surface area contributed by atoms with E-state index in [1.165, 1.54) is 5.56 Å². The van der Waals surface area contributed by atoms with Crippen molar-refractivity contribution in [3.8, 4) is 0 Å². The van der Waals surface area contributed by atoms with Crippen molar-refractivity contribution in [2.75, 3.05) is 5.32 Å². The van der Waals surface area contributed by atoms with E-state index in [1.807, 2.05) is 47.1 Å². The number of carbonyl (C=O) groups is 2. The van der Waals surface area contributed by atoms with Crippen LogP contribution in [-0.4, -0.2) is 28.9 Å². The summed E-state index contributed by atoms with van der Waals surface area (Å²) in [6.07, 6.45) is -4.74. The van der Waals surface area contributed by atoms with E-state index < -0.39 is 12.1 Å². The average molecular weight is 476 g/mol. The molecule has 33 heavy (non-hydrogen) atoms. The van der Waals surface area contributed by atoms with Crippen molar-refractivity contribution in [3.63, 3.8) is 0 Å². The minimum atomic E-state index is -5.19. The van der Waals surface area contributed by atoms with Gasteiger partial charge in [0.25, 0.3) is 5.84 Å². The Hall–Kier alpha value is -3.57. The molecule has 2 aromatic carbocycles. The van der Waals surface area contributed by atoms with Crippen LogP contribution in [0.4, 0.5) is 30.2 Å². The van der Waals surface area contributed by atoms with E-state index in [9.17, 15) is 18.0 Å². The maximum Gasteiger partial charge on any atom is 0.430 e. The average Bonchev–Trinajstić information content (AvgIpc) is 3.43. The third-order valence-corrected chi connectivity index (χ3v) is 5.22. The number of carbonyl (C=O) groups excluding carboxylic acids is 2. The Labute approximate surface area is 191 Å². The van der Waals surface area contributed by atoms with Crippen LogP contribution in [-0.2, 0) is 9.59 Å². The van der Waals surface area contributed by atoms with Gasteiger partial charge in [-0.05, 0) is 23.6 Å². The summed E-state index contributed by atoms with van der Waals surface area (Å²) in [5, 5.41) is 15.8. The summed E-state index contributed by atoms with van der Waals surface area (Å²) in [6, 6.07) is 15.9. The quantitative estimate of drug-likeness (QED) is 0.552. The zero-order chi connectivity index (χ0) is 24.0. The number of alkyl halides is 3. The molecule has 0 bridgehead atoms. The minimum absolute atomic E-state index is 0.0138. The van der Waals surface area contributed by atoms with Gasteiger partial charge in [-0.25, -0.2) is 4.98 Å². The summed E-state index contributed by atoms with van der Waals surface area (Å²) in [7, 11) is 0. The van der Waals surface area contributed by atoms with Crippen molar-refractivity contribution in [2.45, 2.75) is 25.4 Å². The molecule has 0 saturated carbocycles. The zero-order valence-electron chi connectivity index (χ0n) is 17.3. The normalized spacial score (nSPS) is 13.3. The molecular weight excluding hydrogens is 457 g/mol. The molecule has 1 unspecified atom stereocenters. The molecular formula is C22H19F3N4O3S. The van der Waals surface area contributed by atoms with Gasteiger partial charge in [0, 0.05) is 23.6 Å². The summed E-state index contributed by atoms with van der Waals surface area (Å²) in [4.78, 5) is 30.1. The van der Waals surface area contributed by atoms with Gasteiger partial charge in [0.2, 0.25) is 5.91 Å². The van der Waals surface area contributed by atoms with E-state index in [0.29, 0.717) is 6.42 Å². The number of amidine groups is 1. The lowest BCUT2D eigenvalue weighted by Gasteiger charge is -2.12. The number of halogens is 3. The Bertz CT molecular complexity index is 1150. The molecule has 0 spiro atoms. The van der Waals surface area contributed by atoms with Crippen LogP contribution in [0, 0.1) is 0 Å². The van der Waals surface area contributed by atoms with Gasteiger partial charge >= 0.3 is 6.18 Å². The number of fused-ring (bicyclic) bond motifs is 1. The fourth-order valence-corrected chi connectivity index (χ4v) is 3.56. The van der Waals surface area contributed by atoms with Crippen molar-refractivity contribution in [3.05, 3.63) is 70.7 Å². The molecule has 7 nitrogen and oxygen atoms in total. The van der Waals surface area contributed by atoms with Crippen LogP contribution in [0.25, 0.3) is 0 Å². The Morgan fingerprint density at radius 2 is 1.88 bits per heavy atom. The van der Waals surface area contributed by atoms with Crippen molar-refractivity contribution in [1.82, 2.24) is 4.98 Å². The first-order valence-electron chi connectivity index (χ1n) is 9.72. The van der Waals surface area contributed by atoms with Crippen molar-refractivity contribution in [2.24, 2.45) is 4.99 Å². The summed E-state index contributed by atoms with van der Waals surface area (Å²) in [6.45, 7) is 2.07. The number of hydrogen-bond acceptors (Lipinski definition) is 6. The molecule has 3 aromatic rings. The van der Waals surface area contributed by atoms with Crippen molar-refractivity contribution < 1.29 is 33.2 Å². The standard InChI is InChI=1S/C20H18N4OS.C2HF3O2/c1-13(14-5-3-2-4-6-14)9-19(25)22-15-7-8-16-17(10-15)24-20(23-16)18-11-26-12-21-18;3-2(4,5)1(6)7/h2-8,10-13H,9H2,1H3,(H,22,25)(H,23,24);(H,6,7). The van der Waals surface area contributed by atoms with Crippen LogP contribution in [0.3, 0.4) is 0 Å². The van der Waals surface area contributed by atoms with Crippen LogP contribution < -0.4 is 15.7 Å². The van der Waals surface area contributed by atoms with Crippen LogP contribution >= 0.6 is 11.3 Å². The molecule has 0 fully saturated rings. The van der Waals surface area contributed by atoms with Gasteiger partial charge in [-0.2, -0.15) is 18.2 Å². The molecule has 2 heterocycles. The Kier molecular flexibility index (Phi) is 7.56. The van der Waals surface area contributed by atoms with E-state index in [4.69, 9.17) is 9.90 Å². The monoisotopic (exact) mass is 476 g/mol. The van der Waals surface area contributed by atoms with Crippen LogP contribution in [0.5, 0.6) is 0 Å². The van der Waals surface area contributed by atoms with Crippen LogP contribution in [0.2, 0.25) is 0 Å². The van der Waals surface area contributed by atoms with Gasteiger partial charge in [0.1, 0.15) is 11.7 Å². The predicted octanol–water partition coefficient (Wildman–Crippen LogP) is 2.86. The van der Waals surface area contributed by atoms with Crippen LogP contribution in [0.1, 0.15) is 30.5 Å². The zero-order valence-corrected chi connectivity index (χ0v) is 18.1. The highest BCUT2D eigenvalue weighted by Crippen LogP contribution is 2.29. The highest BCUT2D eigenvalue weighted by Gasteiger charge is 2.28. The van der Waals surface area contributed by atoms with E-state index in [-0.39, 0.29) is 11.8 Å². The molecule has 11 heteroatoms. The first kappa shape index (κ1) is 24.1. The molecule has 1 amide bonds. The highest BCUT2D eigenvalue weighted by molar-refractivity contribution is 7.07. The lowest BCUT2D eigenvalue weighted by Crippen LogP contribution is -2.80. The number of amides is 1. The highest BCUT2D eigenvalue weighted by atomic mass is 32.1. The number of rotatable bonds is 5. The summed E-state index contributed by atoms with van der Waals surface area (Å²) >= 11 is 1.55.